The van der Waals surface area contributed by atoms with Gasteiger partial charge in [-0.1, -0.05) is 49.4 Å². The first-order chi connectivity index (χ1) is 11.2. The molecule has 0 aliphatic heterocycles. The molecule has 5 heteroatoms. The number of benzene rings is 2. The Morgan fingerprint density at radius 3 is 2.38 bits per heavy atom. The van der Waals surface area contributed by atoms with Crippen LogP contribution in [-0.2, 0) is 17.8 Å². The van der Waals surface area contributed by atoms with Gasteiger partial charge >= 0.3 is 0 Å². The summed E-state index contributed by atoms with van der Waals surface area (Å²) in [6, 6.07) is 17.6. The van der Waals surface area contributed by atoms with Gasteiger partial charge < -0.3 is 15.8 Å². The number of nitrogens with one attached hydrogen (secondary N) is 1. The molecule has 3 N–H and O–H groups in total. The van der Waals surface area contributed by atoms with E-state index in [0.717, 1.165) is 23.3 Å². The van der Waals surface area contributed by atoms with Crippen LogP contribution in [0.5, 0.6) is 5.75 Å². The number of carbonyl (C=O) groups excluding carboxylic acids is 1. The van der Waals surface area contributed by atoms with Gasteiger partial charge in [0.25, 0.3) is 0 Å². The first-order valence-electron chi connectivity index (χ1n) is 7.98. The largest absolute Gasteiger partial charge is 0.489 e. The maximum Gasteiger partial charge on any atom is 0.236 e. The molecule has 2 rings (SSSR count). The van der Waals surface area contributed by atoms with Crippen LogP contribution >= 0.6 is 12.4 Å². The molecular weight excluding hydrogens is 324 g/mol. The molecular formula is C19H25ClN2O2. The van der Waals surface area contributed by atoms with Gasteiger partial charge in [0, 0.05) is 6.54 Å². The van der Waals surface area contributed by atoms with Crippen LogP contribution < -0.4 is 15.8 Å². The van der Waals surface area contributed by atoms with E-state index in [4.69, 9.17) is 10.5 Å². The highest BCUT2D eigenvalue weighted by atomic mass is 35.5. The standard InChI is InChI=1S/C19H24N2O2.ClH/c1-2-18(20)19(22)21-13-12-15-8-10-17(11-9-15)23-14-16-6-4-3-5-7-16;/h3-11,18H,2,12-14,20H2,1H3,(H,21,22);1H/t18-;/m0./s1. The van der Waals surface area contributed by atoms with E-state index in [2.05, 4.69) is 5.32 Å². The van der Waals surface area contributed by atoms with Crippen LogP contribution in [-0.4, -0.2) is 18.5 Å². The van der Waals surface area contributed by atoms with Crippen LogP contribution in [0, 0.1) is 0 Å². The molecule has 0 aromatic heterocycles. The van der Waals surface area contributed by atoms with E-state index in [1.807, 2.05) is 61.5 Å². The number of hydrogen-bond donors (Lipinski definition) is 2. The molecule has 0 fully saturated rings. The number of nitrogens with two attached hydrogens (primary N) is 1. The Balaban J connectivity index is 0.00000288. The van der Waals surface area contributed by atoms with E-state index in [1.54, 1.807) is 0 Å². The van der Waals surface area contributed by atoms with Crippen molar-refractivity contribution in [3.8, 4) is 5.75 Å². The lowest BCUT2D eigenvalue weighted by atomic mass is 10.1. The van der Waals surface area contributed by atoms with Gasteiger partial charge in [0.15, 0.2) is 0 Å². The van der Waals surface area contributed by atoms with Crippen LogP contribution in [0.2, 0.25) is 0 Å². The molecule has 0 heterocycles. The van der Waals surface area contributed by atoms with Gasteiger partial charge in [0.05, 0.1) is 6.04 Å². The van der Waals surface area contributed by atoms with Crippen LogP contribution in [0.1, 0.15) is 24.5 Å². The Kier molecular flexibility index (Phi) is 8.90. The molecule has 1 amide bonds. The lowest BCUT2D eigenvalue weighted by Crippen LogP contribution is -2.40. The van der Waals surface area contributed by atoms with Crippen molar-refractivity contribution >= 4 is 18.3 Å². The molecule has 2 aromatic rings. The van der Waals surface area contributed by atoms with E-state index in [9.17, 15) is 4.79 Å². The predicted molar refractivity (Wildman–Crippen MR) is 99.4 cm³/mol. The van der Waals surface area contributed by atoms with Crippen LogP contribution in [0.4, 0.5) is 0 Å². The van der Waals surface area contributed by atoms with Crippen molar-refractivity contribution in [3.05, 3.63) is 65.7 Å². The highest BCUT2D eigenvalue weighted by Gasteiger charge is 2.09. The van der Waals surface area contributed by atoms with Gasteiger partial charge in [-0.2, -0.15) is 0 Å². The number of amides is 1. The molecule has 24 heavy (non-hydrogen) atoms. The van der Waals surface area contributed by atoms with Gasteiger partial charge in [-0.15, -0.1) is 12.4 Å². The SMILES string of the molecule is CC[C@H](N)C(=O)NCCc1ccc(OCc2ccccc2)cc1.Cl. The summed E-state index contributed by atoms with van der Waals surface area (Å²) in [7, 11) is 0. The summed E-state index contributed by atoms with van der Waals surface area (Å²) in [5.41, 5.74) is 7.97. The van der Waals surface area contributed by atoms with Crippen LogP contribution in [0.15, 0.2) is 54.6 Å². The van der Waals surface area contributed by atoms with Crippen molar-refractivity contribution in [2.45, 2.75) is 32.4 Å². The van der Waals surface area contributed by atoms with E-state index in [-0.39, 0.29) is 18.3 Å². The third-order valence-electron chi connectivity index (χ3n) is 3.66. The van der Waals surface area contributed by atoms with Crippen LogP contribution in [0.25, 0.3) is 0 Å². The van der Waals surface area contributed by atoms with Crippen molar-refractivity contribution in [1.29, 1.82) is 0 Å². The fraction of sp³-hybridized carbons (Fsp3) is 0.316. The fourth-order valence-corrected chi connectivity index (χ4v) is 2.14. The molecule has 0 radical (unpaired) electrons. The smallest absolute Gasteiger partial charge is 0.236 e. The van der Waals surface area contributed by atoms with Gasteiger partial charge in [-0.25, -0.2) is 0 Å². The highest BCUT2D eigenvalue weighted by molar-refractivity contribution is 5.85. The Morgan fingerprint density at radius 2 is 1.75 bits per heavy atom. The summed E-state index contributed by atoms with van der Waals surface area (Å²) in [6.07, 6.45) is 1.43. The quantitative estimate of drug-likeness (QED) is 0.770. The molecule has 2 aromatic carbocycles. The Hall–Kier alpha value is -2.04. The molecule has 0 spiro atoms. The number of hydrogen-bond acceptors (Lipinski definition) is 3. The molecule has 0 saturated heterocycles. The molecule has 0 aliphatic rings. The normalized spacial score (nSPS) is 11.2. The Morgan fingerprint density at radius 1 is 1.08 bits per heavy atom. The minimum Gasteiger partial charge on any atom is -0.489 e. The van der Waals surface area contributed by atoms with Crippen molar-refractivity contribution in [2.75, 3.05) is 6.54 Å². The number of rotatable bonds is 8. The maximum atomic E-state index is 11.6. The highest BCUT2D eigenvalue weighted by Crippen LogP contribution is 2.14. The average molecular weight is 349 g/mol. The van der Waals surface area contributed by atoms with Crippen LogP contribution in [0.3, 0.4) is 0 Å². The Labute approximate surface area is 149 Å². The molecule has 1 atom stereocenters. The van der Waals surface area contributed by atoms with Gasteiger partial charge in [0.2, 0.25) is 5.91 Å². The van der Waals surface area contributed by atoms with Crippen molar-refractivity contribution < 1.29 is 9.53 Å². The zero-order valence-electron chi connectivity index (χ0n) is 13.9. The number of ether oxygens (including phenoxy) is 1. The summed E-state index contributed by atoms with van der Waals surface area (Å²) in [5, 5.41) is 2.85. The number of halogens is 1. The van der Waals surface area contributed by atoms with E-state index in [1.165, 1.54) is 0 Å². The topological polar surface area (TPSA) is 64.4 Å². The molecule has 0 unspecified atom stereocenters. The molecule has 0 aliphatic carbocycles. The summed E-state index contributed by atoms with van der Waals surface area (Å²) in [5.74, 6) is 0.755. The minimum atomic E-state index is -0.413. The predicted octanol–water partition coefficient (Wildman–Crippen LogP) is 3.08. The number of carbonyl (C=O) groups is 1. The van der Waals surface area contributed by atoms with E-state index >= 15 is 0 Å². The first kappa shape index (κ1) is 20.0. The van der Waals surface area contributed by atoms with E-state index in [0.29, 0.717) is 19.6 Å². The lowest BCUT2D eigenvalue weighted by molar-refractivity contribution is -0.122. The third-order valence-corrected chi connectivity index (χ3v) is 3.66. The lowest BCUT2D eigenvalue weighted by Gasteiger charge is -2.10. The van der Waals surface area contributed by atoms with Gasteiger partial charge in [-0.05, 0) is 36.1 Å². The second-order valence-electron chi connectivity index (χ2n) is 5.47. The molecule has 0 bridgehead atoms. The van der Waals surface area contributed by atoms with E-state index < -0.39 is 6.04 Å². The molecule has 4 nitrogen and oxygen atoms in total. The maximum absolute atomic E-state index is 11.6. The Bertz CT molecular complexity index is 603. The minimum absolute atomic E-state index is 0. The van der Waals surface area contributed by atoms with Gasteiger partial charge in [0.1, 0.15) is 12.4 Å². The molecule has 130 valence electrons. The van der Waals surface area contributed by atoms with Gasteiger partial charge in [-0.3, -0.25) is 4.79 Å². The zero-order valence-corrected chi connectivity index (χ0v) is 14.7. The van der Waals surface area contributed by atoms with Crippen molar-refractivity contribution in [1.82, 2.24) is 5.32 Å². The second-order valence-corrected chi connectivity index (χ2v) is 5.47. The zero-order chi connectivity index (χ0) is 16.5. The summed E-state index contributed by atoms with van der Waals surface area (Å²) < 4.78 is 5.75. The average Bonchev–Trinajstić information content (AvgIpc) is 2.61. The molecule has 0 saturated carbocycles. The second kappa shape index (κ2) is 10.7. The summed E-state index contributed by atoms with van der Waals surface area (Å²) in [6.45, 7) is 3.06. The fourth-order valence-electron chi connectivity index (χ4n) is 2.14. The van der Waals surface area contributed by atoms with Crippen molar-refractivity contribution in [2.24, 2.45) is 5.73 Å². The monoisotopic (exact) mass is 348 g/mol. The first-order valence-corrected chi connectivity index (χ1v) is 7.98. The summed E-state index contributed by atoms with van der Waals surface area (Å²) >= 11 is 0. The van der Waals surface area contributed by atoms with Crippen molar-refractivity contribution in [3.63, 3.8) is 0 Å². The third kappa shape index (κ3) is 6.60. The summed E-state index contributed by atoms with van der Waals surface area (Å²) in [4.78, 5) is 11.6.